The van der Waals surface area contributed by atoms with Crippen molar-refractivity contribution in [3.05, 3.63) is 18.0 Å². The fourth-order valence-corrected chi connectivity index (χ4v) is 1.36. The largest absolute Gasteiger partial charge is 0.265 e. The highest BCUT2D eigenvalue weighted by Crippen LogP contribution is 2.06. The fourth-order valence-electron chi connectivity index (χ4n) is 1.36. The van der Waals surface area contributed by atoms with E-state index in [-0.39, 0.29) is 0 Å². The Morgan fingerprint density at radius 2 is 2.14 bits per heavy atom. The van der Waals surface area contributed by atoms with E-state index in [4.69, 9.17) is 0 Å². The molecule has 0 saturated carbocycles. The van der Waals surface area contributed by atoms with Crippen LogP contribution in [0, 0.1) is 0 Å². The van der Waals surface area contributed by atoms with Crippen LogP contribution in [0.1, 0.15) is 51.1 Å². The highest BCUT2D eigenvalue weighted by atomic mass is 15.3. The van der Waals surface area contributed by atoms with Crippen molar-refractivity contribution in [3.8, 4) is 0 Å². The molecule has 0 spiro atoms. The molecule has 0 unspecified atom stereocenters. The maximum Gasteiger partial charge on any atom is 0.105 e. The summed E-state index contributed by atoms with van der Waals surface area (Å²) in [6.45, 7) is 2.24. The Bertz CT molecular complexity index is 239. The number of hydrogen-bond donors (Lipinski definition) is 1. The lowest BCUT2D eigenvalue weighted by molar-refractivity contribution is 0.638. The molecule has 0 atom stereocenters. The van der Waals surface area contributed by atoms with Crippen molar-refractivity contribution >= 4 is 6.08 Å². The summed E-state index contributed by atoms with van der Waals surface area (Å²) in [4.78, 5) is 0. The zero-order valence-electron chi connectivity index (χ0n) is 8.87. The maximum atomic E-state index is 3.87. The van der Waals surface area contributed by atoms with Crippen LogP contribution in [0.15, 0.2) is 12.3 Å². The molecule has 0 bridgehead atoms. The number of allylic oxidation sites excluding steroid dienone is 1. The van der Waals surface area contributed by atoms with Gasteiger partial charge in [0.25, 0.3) is 0 Å². The van der Waals surface area contributed by atoms with Gasteiger partial charge in [-0.05, 0) is 18.9 Å². The first kappa shape index (κ1) is 11.0. The van der Waals surface area contributed by atoms with Crippen LogP contribution in [-0.2, 0) is 0 Å². The van der Waals surface area contributed by atoms with Gasteiger partial charge in [-0.2, -0.15) is 0 Å². The number of aromatic amines is 1. The second-order valence-electron chi connectivity index (χ2n) is 3.50. The monoisotopic (exact) mass is 193 g/mol. The molecule has 1 rings (SSSR count). The number of nitrogens with one attached hydrogen (secondary N) is 1. The van der Waals surface area contributed by atoms with Gasteiger partial charge < -0.3 is 0 Å². The lowest BCUT2D eigenvalue weighted by Gasteiger charge is -1.95. The predicted octanol–water partition coefficient (Wildman–Crippen LogP) is 3.18. The molecule has 0 aromatic carbocycles. The lowest BCUT2D eigenvalue weighted by atomic mass is 10.1. The van der Waals surface area contributed by atoms with Gasteiger partial charge in [0.15, 0.2) is 0 Å². The molecule has 78 valence electrons. The number of unbranched alkanes of at least 4 members (excludes halogenated alkanes) is 5. The van der Waals surface area contributed by atoms with Gasteiger partial charge in [0, 0.05) is 6.20 Å². The Labute approximate surface area is 85.6 Å². The van der Waals surface area contributed by atoms with Crippen molar-refractivity contribution in [1.29, 1.82) is 0 Å². The summed E-state index contributed by atoms with van der Waals surface area (Å²) in [5.74, 6) is 0. The Morgan fingerprint density at radius 1 is 1.29 bits per heavy atom. The van der Waals surface area contributed by atoms with Crippen LogP contribution in [0.3, 0.4) is 0 Å². The van der Waals surface area contributed by atoms with Gasteiger partial charge in [-0.25, -0.2) is 0 Å². The van der Waals surface area contributed by atoms with Crippen molar-refractivity contribution in [2.24, 2.45) is 0 Å². The average molecular weight is 193 g/mol. The van der Waals surface area contributed by atoms with Crippen LogP contribution in [0.4, 0.5) is 0 Å². The lowest BCUT2D eigenvalue weighted by Crippen LogP contribution is -1.76. The molecule has 14 heavy (non-hydrogen) atoms. The molecule has 1 aromatic rings. The molecule has 0 aliphatic rings. The first-order valence-electron chi connectivity index (χ1n) is 5.46. The van der Waals surface area contributed by atoms with E-state index in [0.717, 1.165) is 12.1 Å². The smallest absolute Gasteiger partial charge is 0.105 e. The quantitative estimate of drug-likeness (QED) is 0.676. The van der Waals surface area contributed by atoms with Gasteiger partial charge in [0.1, 0.15) is 5.69 Å². The molecule has 1 heterocycles. The predicted molar refractivity (Wildman–Crippen MR) is 58.8 cm³/mol. The first-order valence-corrected chi connectivity index (χ1v) is 5.46. The van der Waals surface area contributed by atoms with E-state index in [1.54, 1.807) is 6.20 Å². The van der Waals surface area contributed by atoms with Crippen LogP contribution in [0.25, 0.3) is 6.08 Å². The fraction of sp³-hybridized carbons (Fsp3) is 0.636. The minimum Gasteiger partial charge on any atom is -0.265 e. The molecule has 3 heteroatoms. The van der Waals surface area contributed by atoms with Crippen LogP contribution >= 0.6 is 0 Å². The van der Waals surface area contributed by atoms with Crippen molar-refractivity contribution in [2.75, 3.05) is 0 Å². The Hall–Kier alpha value is -1.12. The molecule has 0 radical (unpaired) electrons. The molecule has 0 saturated heterocycles. The highest BCUT2D eigenvalue weighted by Gasteiger charge is 1.88. The number of nitrogens with zero attached hydrogens (tertiary/aromatic N) is 2. The van der Waals surface area contributed by atoms with Gasteiger partial charge >= 0.3 is 0 Å². The number of H-pyrrole nitrogens is 1. The molecule has 0 aliphatic carbocycles. The van der Waals surface area contributed by atoms with E-state index < -0.39 is 0 Å². The normalized spacial score (nSPS) is 11.2. The Kier molecular flexibility index (Phi) is 5.71. The van der Waals surface area contributed by atoms with E-state index in [1.165, 1.54) is 32.1 Å². The van der Waals surface area contributed by atoms with Gasteiger partial charge in [-0.15, -0.1) is 5.10 Å². The van der Waals surface area contributed by atoms with Crippen LogP contribution in [-0.4, -0.2) is 15.4 Å². The topological polar surface area (TPSA) is 41.6 Å². The summed E-state index contributed by atoms with van der Waals surface area (Å²) in [7, 11) is 0. The summed E-state index contributed by atoms with van der Waals surface area (Å²) < 4.78 is 0. The van der Waals surface area contributed by atoms with Gasteiger partial charge in [0.05, 0.1) is 0 Å². The van der Waals surface area contributed by atoms with Gasteiger partial charge in [-0.1, -0.05) is 43.9 Å². The second kappa shape index (κ2) is 7.30. The van der Waals surface area contributed by atoms with Crippen LogP contribution < -0.4 is 0 Å². The summed E-state index contributed by atoms with van der Waals surface area (Å²) in [6.07, 6.45) is 13.8. The highest BCUT2D eigenvalue weighted by molar-refractivity contribution is 5.41. The van der Waals surface area contributed by atoms with E-state index in [2.05, 4.69) is 28.4 Å². The number of aromatic nitrogens is 3. The Balaban J connectivity index is 1.98. The summed E-state index contributed by atoms with van der Waals surface area (Å²) in [5, 5.41) is 10.2. The number of hydrogen-bond acceptors (Lipinski definition) is 2. The second-order valence-corrected chi connectivity index (χ2v) is 3.50. The summed E-state index contributed by atoms with van der Waals surface area (Å²) in [6, 6.07) is 0. The van der Waals surface area contributed by atoms with E-state index in [9.17, 15) is 0 Å². The average Bonchev–Trinajstić information content (AvgIpc) is 2.69. The molecular formula is C11H19N3. The SMILES string of the molecule is CCCCCCC/C=C/c1c[nH]nn1. The molecule has 1 aromatic heterocycles. The first-order chi connectivity index (χ1) is 6.93. The van der Waals surface area contributed by atoms with Crippen molar-refractivity contribution in [3.63, 3.8) is 0 Å². The van der Waals surface area contributed by atoms with Crippen LogP contribution in [0.5, 0.6) is 0 Å². The van der Waals surface area contributed by atoms with Crippen molar-refractivity contribution < 1.29 is 0 Å². The van der Waals surface area contributed by atoms with Crippen molar-refractivity contribution in [2.45, 2.75) is 45.4 Å². The molecule has 0 amide bonds. The molecular weight excluding hydrogens is 174 g/mol. The maximum absolute atomic E-state index is 3.87. The third-order valence-corrected chi connectivity index (χ3v) is 2.20. The van der Waals surface area contributed by atoms with E-state index in [1.807, 2.05) is 6.08 Å². The molecule has 1 N–H and O–H groups in total. The summed E-state index contributed by atoms with van der Waals surface area (Å²) >= 11 is 0. The Morgan fingerprint density at radius 3 is 2.86 bits per heavy atom. The number of rotatable bonds is 7. The third-order valence-electron chi connectivity index (χ3n) is 2.20. The minimum atomic E-state index is 0.915. The summed E-state index contributed by atoms with van der Waals surface area (Å²) in [5.41, 5.74) is 0.915. The van der Waals surface area contributed by atoms with E-state index >= 15 is 0 Å². The van der Waals surface area contributed by atoms with E-state index in [0.29, 0.717) is 0 Å². The minimum absolute atomic E-state index is 0.915. The molecule has 3 nitrogen and oxygen atoms in total. The molecule has 0 aliphatic heterocycles. The molecule has 0 fully saturated rings. The van der Waals surface area contributed by atoms with Gasteiger partial charge in [0.2, 0.25) is 0 Å². The van der Waals surface area contributed by atoms with Gasteiger partial charge in [-0.3, -0.25) is 5.10 Å². The van der Waals surface area contributed by atoms with Crippen LogP contribution in [0.2, 0.25) is 0 Å². The standard InChI is InChI=1S/C11H19N3/c1-2-3-4-5-6-7-8-9-11-10-12-14-13-11/h8-10H,2-7H2,1H3,(H,12,13,14)/b9-8+. The zero-order valence-corrected chi connectivity index (χ0v) is 8.87. The van der Waals surface area contributed by atoms with Crippen molar-refractivity contribution in [1.82, 2.24) is 15.4 Å². The third kappa shape index (κ3) is 4.80. The zero-order chi connectivity index (χ0) is 10.1.